The molecule has 0 saturated carbocycles. The second-order valence-electron chi connectivity index (χ2n) is 4.78. The maximum atomic E-state index is 6.05. The Balaban J connectivity index is 1.80. The van der Waals surface area contributed by atoms with E-state index in [1.807, 2.05) is 12.1 Å². The van der Waals surface area contributed by atoms with Crippen LogP contribution in [0, 0.1) is 0 Å². The van der Waals surface area contributed by atoms with Gasteiger partial charge in [0, 0.05) is 31.9 Å². The fourth-order valence-corrected chi connectivity index (χ4v) is 4.07. The first-order valence-electron chi connectivity index (χ1n) is 6.25. The quantitative estimate of drug-likeness (QED) is 0.417. The highest BCUT2D eigenvalue weighted by Gasteiger charge is 2.23. The van der Waals surface area contributed by atoms with Gasteiger partial charge in [-0.3, -0.25) is 0 Å². The van der Waals surface area contributed by atoms with Gasteiger partial charge in [0.1, 0.15) is 5.01 Å². The summed E-state index contributed by atoms with van der Waals surface area (Å²) in [6, 6.07) is 14.4. The van der Waals surface area contributed by atoms with Gasteiger partial charge in [-0.05, 0) is 29.8 Å². The van der Waals surface area contributed by atoms with Crippen molar-refractivity contribution >= 4 is 38.9 Å². The van der Waals surface area contributed by atoms with Crippen LogP contribution in [0.5, 0.6) is 0 Å². The van der Waals surface area contributed by atoms with E-state index in [1.165, 1.54) is 21.6 Å². The van der Waals surface area contributed by atoms with Gasteiger partial charge in [0.25, 0.3) is 0 Å². The first-order chi connectivity index (χ1) is 9.70. The van der Waals surface area contributed by atoms with E-state index in [2.05, 4.69) is 46.3 Å². The lowest BCUT2D eigenvalue weighted by molar-refractivity contribution is 1.31. The molecule has 1 heterocycles. The number of aromatic nitrogens is 1. The molecule has 1 aliphatic carbocycles. The molecule has 0 aliphatic heterocycles. The number of rotatable bonds is 1. The Hall–Kier alpha value is -1.16. The molecule has 0 saturated heterocycles. The van der Waals surface area contributed by atoms with Crippen molar-refractivity contribution < 1.29 is 0 Å². The van der Waals surface area contributed by atoms with Crippen LogP contribution < -0.4 is 0 Å². The number of nitrogens with zero attached hydrogens (tertiary/aromatic N) is 1. The van der Waals surface area contributed by atoms with Crippen LogP contribution in [0.15, 0.2) is 46.9 Å². The van der Waals surface area contributed by atoms with Crippen molar-refractivity contribution in [3.63, 3.8) is 0 Å². The molecule has 0 amide bonds. The lowest BCUT2D eigenvalue weighted by Crippen LogP contribution is -1.82. The standard InChI is InChI=1S/C16H9BrClNS/c17-11-3-1-9(2-4-11)16-19-15-13-6-5-12(18)7-10(13)8-14(15)20-16/h1-7H,8H2. The lowest BCUT2D eigenvalue weighted by Gasteiger charge is -2.00. The molecular formula is C16H9BrClNS. The van der Waals surface area contributed by atoms with E-state index in [-0.39, 0.29) is 0 Å². The Morgan fingerprint density at radius 1 is 1.10 bits per heavy atom. The van der Waals surface area contributed by atoms with E-state index >= 15 is 0 Å². The van der Waals surface area contributed by atoms with E-state index in [9.17, 15) is 0 Å². The first kappa shape index (κ1) is 12.6. The summed E-state index contributed by atoms with van der Waals surface area (Å²) in [6.07, 6.45) is 0.944. The van der Waals surface area contributed by atoms with E-state index in [0.29, 0.717) is 0 Å². The summed E-state index contributed by atoms with van der Waals surface area (Å²) in [4.78, 5) is 6.16. The predicted octanol–water partition coefficient (Wildman–Crippen LogP) is 5.80. The molecule has 0 unspecified atom stereocenters. The summed E-state index contributed by atoms with van der Waals surface area (Å²) in [7, 11) is 0. The van der Waals surface area contributed by atoms with E-state index < -0.39 is 0 Å². The average Bonchev–Trinajstić information content (AvgIpc) is 2.96. The number of thiazole rings is 1. The van der Waals surface area contributed by atoms with Crippen LogP contribution >= 0.6 is 38.9 Å². The van der Waals surface area contributed by atoms with Crippen molar-refractivity contribution in [2.24, 2.45) is 0 Å². The summed E-state index contributed by atoms with van der Waals surface area (Å²) < 4.78 is 1.09. The van der Waals surface area contributed by atoms with Gasteiger partial charge in [-0.25, -0.2) is 4.98 Å². The molecule has 0 fully saturated rings. The smallest absolute Gasteiger partial charge is 0.124 e. The normalized spacial score (nSPS) is 12.3. The predicted molar refractivity (Wildman–Crippen MR) is 88.5 cm³/mol. The highest BCUT2D eigenvalue weighted by molar-refractivity contribution is 9.10. The zero-order chi connectivity index (χ0) is 13.7. The molecule has 0 spiro atoms. The zero-order valence-corrected chi connectivity index (χ0v) is 13.5. The molecule has 0 bridgehead atoms. The Morgan fingerprint density at radius 3 is 2.70 bits per heavy atom. The van der Waals surface area contributed by atoms with Crippen molar-refractivity contribution in [2.75, 3.05) is 0 Å². The molecule has 1 aromatic heterocycles. The van der Waals surface area contributed by atoms with Crippen LogP contribution in [-0.4, -0.2) is 4.98 Å². The fraction of sp³-hybridized carbons (Fsp3) is 0.0625. The molecule has 1 nitrogen and oxygen atoms in total. The van der Waals surface area contributed by atoms with Gasteiger partial charge in [0.05, 0.1) is 5.69 Å². The maximum absolute atomic E-state index is 6.05. The third-order valence-electron chi connectivity index (χ3n) is 3.46. The van der Waals surface area contributed by atoms with Gasteiger partial charge in [0.15, 0.2) is 0 Å². The second kappa shape index (κ2) is 4.69. The molecule has 1 aliphatic rings. The highest BCUT2D eigenvalue weighted by Crippen LogP contribution is 2.42. The fourth-order valence-electron chi connectivity index (χ4n) is 2.51. The molecule has 0 atom stereocenters. The van der Waals surface area contributed by atoms with Gasteiger partial charge in [-0.1, -0.05) is 45.7 Å². The lowest BCUT2D eigenvalue weighted by atomic mass is 10.1. The molecular weight excluding hydrogens is 354 g/mol. The molecule has 2 aromatic carbocycles. The summed E-state index contributed by atoms with van der Waals surface area (Å²) in [5.41, 5.74) is 4.81. The Kier molecular flexibility index (Phi) is 2.95. The molecule has 0 radical (unpaired) electrons. The third-order valence-corrected chi connectivity index (χ3v) is 5.33. The van der Waals surface area contributed by atoms with E-state index in [4.69, 9.17) is 16.6 Å². The minimum Gasteiger partial charge on any atom is -0.236 e. The molecule has 4 rings (SSSR count). The summed E-state index contributed by atoms with van der Waals surface area (Å²) in [5, 5.41) is 1.88. The SMILES string of the molecule is Clc1ccc2c(c1)Cc1sc(-c3ccc(Br)cc3)nc1-2. The number of halogens is 2. The summed E-state index contributed by atoms with van der Waals surface area (Å²) in [5.74, 6) is 0. The van der Waals surface area contributed by atoms with Crippen molar-refractivity contribution in [1.29, 1.82) is 0 Å². The number of benzene rings is 2. The summed E-state index contributed by atoms with van der Waals surface area (Å²) >= 11 is 11.3. The van der Waals surface area contributed by atoms with Crippen molar-refractivity contribution in [3.8, 4) is 21.8 Å². The largest absolute Gasteiger partial charge is 0.236 e. The third kappa shape index (κ3) is 2.01. The maximum Gasteiger partial charge on any atom is 0.124 e. The van der Waals surface area contributed by atoms with Gasteiger partial charge in [-0.2, -0.15) is 0 Å². The van der Waals surface area contributed by atoms with Crippen LogP contribution in [-0.2, 0) is 6.42 Å². The van der Waals surface area contributed by atoms with Crippen LogP contribution in [0.2, 0.25) is 5.02 Å². The summed E-state index contributed by atoms with van der Waals surface area (Å²) in [6.45, 7) is 0. The minimum absolute atomic E-state index is 0.798. The number of fused-ring (bicyclic) bond motifs is 3. The Labute approximate surface area is 134 Å². The van der Waals surface area contributed by atoms with Gasteiger partial charge in [0.2, 0.25) is 0 Å². The second-order valence-corrected chi connectivity index (χ2v) is 7.21. The molecule has 20 heavy (non-hydrogen) atoms. The van der Waals surface area contributed by atoms with Gasteiger partial charge in [-0.15, -0.1) is 11.3 Å². The number of hydrogen-bond donors (Lipinski definition) is 0. The van der Waals surface area contributed by atoms with Crippen LogP contribution in [0.1, 0.15) is 10.4 Å². The monoisotopic (exact) mass is 361 g/mol. The Morgan fingerprint density at radius 2 is 1.90 bits per heavy atom. The van der Waals surface area contributed by atoms with Crippen molar-refractivity contribution in [2.45, 2.75) is 6.42 Å². The number of hydrogen-bond acceptors (Lipinski definition) is 2. The van der Waals surface area contributed by atoms with E-state index in [0.717, 1.165) is 26.6 Å². The van der Waals surface area contributed by atoms with Crippen LogP contribution in [0.25, 0.3) is 21.8 Å². The Bertz CT molecular complexity index is 808. The molecule has 4 heteroatoms. The average molecular weight is 363 g/mol. The van der Waals surface area contributed by atoms with Crippen molar-refractivity contribution in [1.82, 2.24) is 4.98 Å². The van der Waals surface area contributed by atoms with Gasteiger partial charge < -0.3 is 0 Å². The minimum atomic E-state index is 0.798. The molecule has 3 aromatic rings. The van der Waals surface area contributed by atoms with Crippen molar-refractivity contribution in [3.05, 3.63) is 62.4 Å². The molecule has 98 valence electrons. The van der Waals surface area contributed by atoms with Gasteiger partial charge >= 0.3 is 0 Å². The van der Waals surface area contributed by atoms with E-state index in [1.54, 1.807) is 11.3 Å². The van der Waals surface area contributed by atoms with Crippen LogP contribution in [0.4, 0.5) is 0 Å². The van der Waals surface area contributed by atoms with Crippen LogP contribution in [0.3, 0.4) is 0 Å². The highest BCUT2D eigenvalue weighted by atomic mass is 79.9. The molecule has 0 N–H and O–H groups in total. The topological polar surface area (TPSA) is 12.9 Å². The first-order valence-corrected chi connectivity index (χ1v) is 8.24. The zero-order valence-electron chi connectivity index (χ0n) is 10.4.